The van der Waals surface area contributed by atoms with Crippen molar-refractivity contribution in [2.75, 3.05) is 6.61 Å². The molecule has 0 bridgehead atoms. The zero-order valence-corrected chi connectivity index (χ0v) is 11.1. The Bertz CT molecular complexity index is 444. The summed E-state index contributed by atoms with van der Waals surface area (Å²) in [6.45, 7) is 4.53. The van der Waals surface area contributed by atoms with Gasteiger partial charge in [-0.1, -0.05) is 25.5 Å². The molecular weight excluding hydrogens is 226 g/mol. The Balaban J connectivity index is 2.25. The summed E-state index contributed by atoms with van der Waals surface area (Å²) in [6, 6.07) is 7.38. The van der Waals surface area contributed by atoms with Crippen molar-refractivity contribution in [3.05, 3.63) is 29.8 Å². The molecule has 1 aliphatic carbocycles. The van der Waals surface area contributed by atoms with E-state index in [1.165, 1.54) is 0 Å². The lowest BCUT2D eigenvalue weighted by molar-refractivity contribution is 0.0802. The molecule has 1 saturated carbocycles. The van der Waals surface area contributed by atoms with Gasteiger partial charge in [0, 0.05) is 17.0 Å². The molecule has 3 nitrogen and oxygen atoms in total. The summed E-state index contributed by atoms with van der Waals surface area (Å²) in [5.41, 5.74) is 6.39. The van der Waals surface area contributed by atoms with Crippen molar-refractivity contribution >= 4 is 5.78 Å². The minimum Gasteiger partial charge on any atom is -0.494 e. The lowest BCUT2D eigenvalue weighted by atomic mass is 9.78. The number of ether oxygens (including phenoxy) is 1. The molecule has 0 amide bonds. The zero-order valence-electron chi connectivity index (χ0n) is 11.1. The normalized spacial score (nSPS) is 27.2. The third-order valence-corrected chi connectivity index (χ3v) is 3.96. The zero-order chi connectivity index (χ0) is 13.2. The Morgan fingerprint density at radius 1 is 1.56 bits per heavy atom. The van der Waals surface area contributed by atoms with E-state index in [0.717, 1.165) is 25.0 Å². The molecule has 1 aromatic carbocycles. The summed E-state index contributed by atoms with van der Waals surface area (Å²) in [4.78, 5) is 12.6. The second kappa shape index (κ2) is 5.11. The molecule has 0 radical (unpaired) electrons. The highest BCUT2D eigenvalue weighted by Crippen LogP contribution is 2.39. The largest absolute Gasteiger partial charge is 0.494 e. The monoisotopic (exact) mass is 247 g/mol. The van der Waals surface area contributed by atoms with Crippen molar-refractivity contribution < 1.29 is 9.53 Å². The van der Waals surface area contributed by atoms with Crippen molar-refractivity contribution in [1.82, 2.24) is 0 Å². The highest BCUT2D eigenvalue weighted by Gasteiger charge is 2.43. The molecule has 1 fully saturated rings. The number of benzene rings is 1. The summed E-state index contributed by atoms with van der Waals surface area (Å²) < 4.78 is 5.44. The summed E-state index contributed by atoms with van der Waals surface area (Å²) in [6.07, 6.45) is 2.85. The first-order valence-corrected chi connectivity index (χ1v) is 6.61. The second-order valence-corrected chi connectivity index (χ2v) is 5.21. The maximum atomic E-state index is 12.6. The van der Waals surface area contributed by atoms with Crippen molar-refractivity contribution in [3.8, 4) is 5.75 Å². The van der Waals surface area contributed by atoms with Crippen LogP contribution in [0.4, 0.5) is 0 Å². The summed E-state index contributed by atoms with van der Waals surface area (Å²) >= 11 is 0. The van der Waals surface area contributed by atoms with Crippen molar-refractivity contribution in [3.63, 3.8) is 0 Å². The van der Waals surface area contributed by atoms with Crippen LogP contribution in [-0.4, -0.2) is 18.4 Å². The van der Waals surface area contributed by atoms with E-state index in [-0.39, 0.29) is 11.8 Å². The molecular formula is C15H21NO2. The maximum absolute atomic E-state index is 12.6. The van der Waals surface area contributed by atoms with Gasteiger partial charge in [0.05, 0.1) is 6.61 Å². The third-order valence-electron chi connectivity index (χ3n) is 3.96. The molecule has 0 saturated heterocycles. The van der Waals surface area contributed by atoms with Crippen LogP contribution in [0.15, 0.2) is 24.3 Å². The van der Waals surface area contributed by atoms with Gasteiger partial charge < -0.3 is 10.5 Å². The maximum Gasteiger partial charge on any atom is 0.170 e. The third kappa shape index (κ3) is 2.27. The lowest BCUT2D eigenvalue weighted by Gasteiger charge is -2.27. The number of carbonyl (C=O) groups excluding carboxylic acids is 1. The Kier molecular flexibility index (Phi) is 3.71. The average Bonchev–Trinajstić information content (AvgIpc) is 2.71. The molecule has 1 aliphatic rings. The molecule has 0 aliphatic heterocycles. The van der Waals surface area contributed by atoms with E-state index in [4.69, 9.17) is 10.5 Å². The standard InChI is InChI=1S/C15H21NO2/c1-3-18-12-7-4-6-11(10-12)14(17)15(2)9-5-8-13(15)16/h4,6-7,10,13H,3,5,8-9,16H2,1-2H3. The summed E-state index contributed by atoms with van der Waals surface area (Å²) in [5, 5.41) is 0. The molecule has 2 rings (SSSR count). The first-order valence-electron chi connectivity index (χ1n) is 6.61. The van der Waals surface area contributed by atoms with Gasteiger partial charge in [0.15, 0.2) is 5.78 Å². The van der Waals surface area contributed by atoms with Crippen molar-refractivity contribution in [1.29, 1.82) is 0 Å². The van der Waals surface area contributed by atoms with Gasteiger partial charge in [-0.15, -0.1) is 0 Å². The number of hydrogen-bond acceptors (Lipinski definition) is 3. The summed E-state index contributed by atoms with van der Waals surface area (Å²) in [5.74, 6) is 0.896. The first-order chi connectivity index (χ1) is 8.58. The van der Waals surface area contributed by atoms with E-state index < -0.39 is 5.41 Å². The van der Waals surface area contributed by atoms with Crippen molar-refractivity contribution in [2.24, 2.45) is 11.1 Å². The molecule has 2 N–H and O–H groups in total. The van der Waals surface area contributed by atoms with Gasteiger partial charge in [-0.3, -0.25) is 4.79 Å². The molecule has 18 heavy (non-hydrogen) atoms. The molecule has 98 valence electrons. The van der Waals surface area contributed by atoms with Crippen LogP contribution in [-0.2, 0) is 0 Å². The predicted octanol–water partition coefficient (Wildman–Crippen LogP) is 2.79. The Labute approximate surface area is 108 Å². The minimum atomic E-state index is -0.412. The smallest absolute Gasteiger partial charge is 0.170 e. The predicted molar refractivity (Wildman–Crippen MR) is 71.9 cm³/mol. The van der Waals surface area contributed by atoms with Gasteiger partial charge >= 0.3 is 0 Å². The number of ketones is 1. The van der Waals surface area contributed by atoms with Crippen molar-refractivity contribution in [2.45, 2.75) is 39.2 Å². The van der Waals surface area contributed by atoms with Gasteiger partial charge in [-0.25, -0.2) is 0 Å². The first kappa shape index (κ1) is 13.1. The quantitative estimate of drug-likeness (QED) is 0.832. The van der Waals surface area contributed by atoms with Gasteiger partial charge in [0.2, 0.25) is 0 Å². The van der Waals surface area contributed by atoms with Crippen LogP contribution in [0.25, 0.3) is 0 Å². The molecule has 0 heterocycles. The van der Waals surface area contributed by atoms with Gasteiger partial charge in [-0.2, -0.15) is 0 Å². The Hall–Kier alpha value is -1.35. The fourth-order valence-electron chi connectivity index (χ4n) is 2.70. The van der Waals surface area contributed by atoms with Gasteiger partial charge in [0.25, 0.3) is 0 Å². The topological polar surface area (TPSA) is 52.3 Å². The van der Waals surface area contributed by atoms with Crippen LogP contribution >= 0.6 is 0 Å². The van der Waals surface area contributed by atoms with E-state index in [1.54, 1.807) is 0 Å². The van der Waals surface area contributed by atoms with Gasteiger partial charge in [0.1, 0.15) is 5.75 Å². The fourth-order valence-corrected chi connectivity index (χ4v) is 2.70. The van der Waals surface area contributed by atoms with Crippen LogP contribution in [0, 0.1) is 5.41 Å². The van der Waals surface area contributed by atoms with E-state index in [2.05, 4.69) is 0 Å². The number of nitrogens with two attached hydrogens (primary N) is 1. The second-order valence-electron chi connectivity index (χ2n) is 5.21. The number of Topliss-reactive ketones (excluding diaryl/α,β-unsaturated/α-hetero) is 1. The summed E-state index contributed by atoms with van der Waals surface area (Å²) in [7, 11) is 0. The SMILES string of the molecule is CCOc1cccc(C(=O)C2(C)CCCC2N)c1. The Morgan fingerprint density at radius 2 is 2.33 bits per heavy atom. The minimum absolute atomic E-state index is 0.0271. The fraction of sp³-hybridized carbons (Fsp3) is 0.533. The van der Waals surface area contributed by atoms with E-state index >= 15 is 0 Å². The molecule has 2 unspecified atom stereocenters. The van der Waals surface area contributed by atoms with E-state index in [0.29, 0.717) is 12.2 Å². The molecule has 2 atom stereocenters. The lowest BCUT2D eigenvalue weighted by Crippen LogP contribution is -2.41. The average molecular weight is 247 g/mol. The number of hydrogen-bond donors (Lipinski definition) is 1. The van der Waals surface area contributed by atoms with Gasteiger partial charge in [-0.05, 0) is 31.9 Å². The van der Waals surface area contributed by atoms with Crippen LogP contribution in [0.2, 0.25) is 0 Å². The van der Waals surface area contributed by atoms with Crippen LogP contribution < -0.4 is 10.5 Å². The number of rotatable bonds is 4. The van der Waals surface area contributed by atoms with Crippen LogP contribution in [0.1, 0.15) is 43.5 Å². The number of carbonyl (C=O) groups is 1. The molecule has 1 aromatic rings. The molecule has 3 heteroatoms. The highest BCUT2D eigenvalue weighted by atomic mass is 16.5. The molecule has 0 aromatic heterocycles. The van der Waals surface area contributed by atoms with Crippen LogP contribution in [0.5, 0.6) is 5.75 Å². The molecule has 0 spiro atoms. The van der Waals surface area contributed by atoms with Crippen LogP contribution in [0.3, 0.4) is 0 Å². The van der Waals surface area contributed by atoms with E-state index in [1.807, 2.05) is 38.1 Å². The Morgan fingerprint density at radius 3 is 2.94 bits per heavy atom. The van der Waals surface area contributed by atoms with E-state index in [9.17, 15) is 4.79 Å². The highest BCUT2D eigenvalue weighted by molar-refractivity contribution is 6.01.